The van der Waals surface area contributed by atoms with Crippen molar-refractivity contribution in [2.45, 2.75) is 38.3 Å². The number of fused-ring (bicyclic) bond motifs is 1. The lowest BCUT2D eigenvalue weighted by Gasteiger charge is -2.35. The lowest BCUT2D eigenvalue weighted by molar-refractivity contribution is -0.127. The van der Waals surface area contributed by atoms with E-state index in [-0.39, 0.29) is 17.8 Å². The highest BCUT2D eigenvalue weighted by molar-refractivity contribution is 7.11. The molecule has 2 heterocycles. The molecule has 1 aliphatic carbocycles. The Labute approximate surface area is 160 Å². The normalized spacial score (nSPS) is 19.4. The maximum absolute atomic E-state index is 13.2. The van der Waals surface area contributed by atoms with Crippen molar-refractivity contribution in [3.05, 3.63) is 51.2 Å². The Kier molecular flexibility index (Phi) is 5.07. The van der Waals surface area contributed by atoms with E-state index in [4.69, 9.17) is 0 Å². The molecular formula is C19H21FN4O2S. The first-order valence-corrected chi connectivity index (χ1v) is 9.98. The van der Waals surface area contributed by atoms with Gasteiger partial charge in [-0.2, -0.15) is 0 Å². The third kappa shape index (κ3) is 3.80. The monoisotopic (exact) mass is 388 g/mol. The molecule has 27 heavy (non-hydrogen) atoms. The summed E-state index contributed by atoms with van der Waals surface area (Å²) < 4.78 is 13.2. The summed E-state index contributed by atoms with van der Waals surface area (Å²) in [5, 5.41) is 6.56. The van der Waals surface area contributed by atoms with Gasteiger partial charge in [-0.05, 0) is 43.4 Å². The Morgan fingerprint density at radius 1 is 1.30 bits per heavy atom. The number of nitrogens with one attached hydrogen (secondary N) is 2. The van der Waals surface area contributed by atoms with Gasteiger partial charge in [-0.1, -0.05) is 12.1 Å². The standard InChI is InChI=1S/C19H21FN4O2S/c20-13-7-5-12(6-8-13)17-18(25)21-9-10-24(17)19(26)22-11-16-23-14-3-1-2-4-15(14)27-16/h5-8,17H,1-4,9-11H2,(H,21,25)(H,22,26). The first-order chi connectivity index (χ1) is 13.1. The first-order valence-electron chi connectivity index (χ1n) is 9.17. The Hall–Kier alpha value is -2.48. The summed E-state index contributed by atoms with van der Waals surface area (Å²) in [6.07, 6.45) is 4.45. The first kappa shape index (κ1) is 17.9. The molecule has 8 heteroatoms. The van der Waals surface area contributed by atoms with Crippen LogP contribution in [0.2, 0.25) is 0 Å². The summed E-state index contributed by atoms with van der Waals surface area (Å²) >= 11 is 1.66. The van der Waals surface area contributed by atoms with Gasteiger partial charge in [0.15, 0.2) is 0 Å². The average molecular weight is 388 g/mol. The number of benzene rings is 1. The molecule has 142 valence electrons. The predicted octanol–water partition coefficient (Wildman–Crippen LogP) is 2.54. The lowest BCUT2D eigenvalue weighted by atomic mass is 10.0. The third-order valence-corrected chi connectivity index (χ3v) is 6.10. The number of piperazine rings is 1. The molecule has 2 N–H and O–H groups in total. The fraction of sp³-hybridized carbons (Fsp3) is 0.421. The van der Waals surface area contributed by atoms with Crippen molar-refractivity contribution in [3.8, 4) is 0 Å². The largest absolute Gasteiger partial charge is 0.352 e. The minimum atomic E-state index is -0.760. The smallest absolute Gasteiger partial charge is 0.318 e. The summed E-state index contributed by atoms with van der Waals surface area (Å²) in [6, 6.07) is 4.61. The van der Waals surface area contributed by atoms with Crippen LogP contribution in [0, 0.1) is 5.82 Å². The molecule has 2 aliphatic rings. The van der Waals surface area contributed by atoms with Crippen molar-refractivity contribution in [1.82, 2.24) is 20.5 Å². The molecule has 0 radical (unpaired) electrons. The summed E-state index contributed by atoms with van der Waals surface area (Å²) in [7, 11) is 0. The molecule has 4 rings (SSSR count). The van der Waals surface area contributed by atoms with Gasteiger partial charge >= 0.3 is 6.03 Å². The van der Waals surface area contributed by atoms with Gasteiger partial charge in [0.25, 0.3) is 0 Å². The van der Waals surface area contributed by atoms with Gasteiger partial charge in [0.1, 0.15) is 16.9 Å². The van der Waals surface area contributed by atoms with Crippen LogP contribution in [0.5, 0.6) is 0 Å². The molecule has 0 saturated carbocycles. The topological polar surface area (TPSA) is 74.3 Å². The average Bonchev–Trinajstić information content (AvgIpc) is 3.10. The highest BCUT2D eigenvalue weighted by atomic mass is 32.1. The maximum Gasteiger partial charge on any atom is 0.318 e. The molecule has 0 bridgehead atoms. The molecule has 1 aromatic heterocycles. The summed E-state index contributed by atoms with van der Waals surface area (Å²) in [6.45, 7) is 1.15. The number of thiazole rings is 1. The molecule has 1 saturated heterocycles. The Balaban J connectivity index is 1.46. The van der Waals surface area contributed by atoms with E-state index in [2.05, 4.69) is 15.6 Å². The number of rotatable bonds is 3. The number of aromatic nitrogens is 1. The van der Waals surface area contributed by atoms with Crippen LogP contribution in [0.3, 0.4) is 0 Å². The minimum Gasteiger partial charge on any atom is -0.352 e. The molecule has 6 nitrogen and oxygen atoms in total. The number of aryl methyl sites for hydroxylation is 2. The number of carbonyl (C=O) groups excluding carboxylic acids is 2. The summed E-state index contributed by atoms with van der Waals surface area (Å²) in [5.74, 6) is -0.633. The van der Waals surface area contributed by atoms with Crippen molar-refractivity contribution in [1.29, 1.82) is 0 Å². The molecule has 3 amide bonds. The molecule has 1 unspecified atom stereocenters. The zero-order valence-electron chi connectivity index (χ0n) is 14.8. The van der Waals surface area contributed by atoms with E-state index in [1.165, 1.54) is 34.8 Å². The van der Waals surface area contributed by atoms with E-state index in [1.54, 1.807) is 23.5 Å². The van der Waals surface area contributed by atoms with E-state index >= 15 is 0 Å². The van der Waals surface area contributed by atoms with E-state index < -0.39 is 6.04 Å². The van der Waals surface area contributed by atoms with Gasteiger partial charge in [-0.15, -0.1) is 11.3 Å². The van der Waals surface area contributed by atoms with Crippen LogP contribution in [0.15, 0.2) is 24.3 Å². The van der Waals surface area contributed by atoms with Crippen LogP contribution in [0.1, 0.15) is 40.0 Å². The Morgan fingerprint density at radius 3 is 2.85 bits per heavy atom. The van der Waals surface area contributed by atoms with Crippen molar-refractivity contribution in [3.63, 3.8) is 0 Å². The number of halogens is 1. The van der Waals surface area contributed by atoms with Crippen LogP contribution < -0.4 is 10.6 Å². The summed E-state index contributed by atoms with van der Waals surface area (Å²) in [5.41, 5.74) is 1.76. The van der Waals surface area contributed by atoms with Crippen molar-refractivity contribution in [2.75, 3.05) is 13.1 Å². The third-order valence-electron chi connectivity index (χ3n) is 4.94. The molecule has 1 fully saturated rings. The quantitative estimate of drug-likeness (QED) is 0.849. The van der Waals surface area contributed by atoms with Crippen LogP contribution in [0.25, 0.3) is 0 Å². The van der Waals surface area contributed by atoms with Gasteiger partial charge in [-0.25, -0.2) is 14.2 Å². The van der Waals surface area contributed by atoms with Crippen LogP contribution >= 0.6 is 11.3 Å². The second kappa shape index (κ2) is 7.64. The van der Waals surface area contributed by atoms with E-state index in [1.807, 2.05) is 0 Å². The number of amides is 3. The Morgan fingerprint density at radius 2 is 2.07 bits per heavy atom. The second-order valence-electron chi connectivity index (χ2n) is 6.78. The van der Waals surface area contributed by atoms with Gasteiger partial charge in [0.2, 0.25) is 5.91 Å². The maximum atomic E-state index is 13.2. The number of carbonyl (C=O) groups is 2. The van der Waals surface area contributed by atoms with Crippen molar-refractivity contribution < 1.29 is 14.0 Å². The molecular weight excluding hydrogens is 367 g/mol. The number of nitrogens with zero attached hydrogens (tertiary/aromatic N) is 2. The van der Waals surface area contributed by atoms with Crippen LogP contribution in [-0.4, -0.2) is 34.9 Å². The molecule has 1 aromatic carbocycles. The second-order valence-corrected chi connectivity index (χ2v) is 7.95. The summed E-state index contributed by atoms with van der Waals surface area (Å²) in [4.78, 5) is 32.6. The van der Waals surface area contributed by atoms with Crippen molar-refractivity contribution >= 4 is 23.3 Å². The number of urea groups is 1. The van der Waals surface area contributed by atoms with Gasteiger partial charge in [-0.3, -0.25) is 4.79 Å². The molecule has 1 aliphatic heterocycles. The van der Waals surface area contributed by atoms with Gasteiger partial charge in [0.05, 0.1) is 12.2 Å². The molecule has 2 aromatic rings. The van der Waals surface area contributed by atoms with Crippen LogP contribution in [-0.2, 0) is 24.2 Å². The Bertz CT molecular complexity index is 828. The number of hydrogen-bond donors (Lipinski definition) is 2. The fourth-order valence-electron chi connectivity index (χ4n) is 3.60. The predicted molar refractivity (Wildman–Crippen MR) is 99.8 cm³/mol. The molecule has 0 spiro atoms. The lowest BCUT2D eigenvalue weighted by Crippen LogP contribution is -2.54. The van der Waals surface area contributed by atoms with Gasteiger partial charge < -0.3 is 15.5 Å². The van der Waals surface area contributed by atoms with E-state index in [0.29, 0.717) is 25.2 Å². The SMILES string of the molecule is O=C1NCCN(C(=O)NCc2nc3c(s2)CCCC3)C1c1ccc(F)cc1. The zero-order chi connectivity index (χ0) is 18.8. The molecule has 1 atom stereocenters. The highest BCUT2D eigenvalue weighted by Crippen LogP contribution is 2.27. The van der Waals surface area contributed by atoms with Crippen molar-refractivity contribution in [2.24, 2.45) is 0 Å². The highest BCUT2D eigenvalue weighted by Gasteiger charge is 2.34. The minimum absolute atomic E-state index is 0.257. The van der Waals surface area contributed by atoms with E-state index in [9.17, 15) is 14.0 Å². The number of hydrogen-bond acceptors (Lipinski definition) is 4. The van der Waals surface area contributed by atoms with E-state index in [0.717, 1.165) is 23.5 Å². The van der Waals surface area contributed by atoms with Gasteiger partial charge in [0, 0.05) is 18.0 Å². The zero-order valence-corrected chi connectivity index (χ0v) is 15.7. The fourth-order valence-corrected chi connectivity index (χ4v) is 4.69. The van der Waals surface area contributed by atoms with Crippen LogP contribution in [0.4, 0.5) is 9.18 Å².